The second-order valence-corrected chi connectivity index (χ2v) is 9.83. The number of carbonyl (C=O) groups excluding carboxylic acids is 2. The van der Waals surface area contributed by atoms with Crippen molar-refractivity contribution in [3.05, 3.63) is 59.4 Å². The molecule has 2 amide bonds. The van der Waals surface area contributed by atoms with Gasteiger partial charge in [-0.15, -0.1) is 0 Å². The molecular formula is C21H21ClFN3O4S. The first kappa shape index (κ1) is 21.7. The number of piperazine rings is 1. The van der Waals surface area contributed by atoms with Crippen LogP contribution in [0.1, 0.15) is 6.42 Å². The average molecular weight is 466 g/mol. The molecule has 1 unspecified atom stereocenters. The van der Waals surface area contributed by atoms with Gasteiger partial charge in [-0.1, -0.05) is 35.9 Å². The third-order valence-electron chi connectivity index (χ3n) is 5.62. The van der Waals surface area contributed by atoms with Crippen molar-refractivity contribution in [2.24, 2.45) is 5.92 Å². The first-order valence-corrected chi connectivity index (χ1v) is 11.7. The fraction of sp³-hybridized carbons (Fsp3) is 0.333. The molecule has 2 aliphatic rings. The molecule has 7 nitrogen and oxygen atoms in total. The molecule has 0 radical (unpaired) electrons. The second kappa shape index (κ2) is 8.57. The molecule has 0 spiro atoms. The Labute approximate surface area is 185 Å². The van der Waals surface area contributed by atoms with E-state index in [9.17, 15) is 22.4 Å². The lowest BCUT2D eigenvalue weighted by Crippen LogP contribution is -2.52. The molecule has 2 fully saturated rings. The predicted molar refractivity (Wildman–Crippen MR) is 114 cm³/mol. The topological polar surface area (TPSA) is 78.0 Å². The molecule has 0 N–H and O–H groups in total. The summed E-state index contributed by atoms with van der Waals surface area (Å²) in [6.07, 6.45) is 0.0811. The van der Waals surface area contributed by atoms with Crippen LogP contribution in [0.5, 0.6) is 0 Å². The van der Waals surface area contributed by atoms with Crippen molar-refractivity contribution in [1.29, 1.82) is 0 Å². The number of sulfonamides is 1. The maximum atomic E-state index is 14.0. The van der Waals surface area contributed by atoms with Gasteiger partial charge in [0.1, 0.15) is 10.7 Å². The zero-order valence-electron chi connectivity index (χ0n) is 16.6. The van der Waals surface area contributed by atoms with Gasteiger partial charge in [-0.25, -0.2) is 12.8 Å². The molecule has 2 saturated heterocycles. The minimum Gasteiger partial charge on any atom is -0.340 e. The highest BCUT2D eigenvalue weighted by molar-refractivity contribution is 7.89. The minimum absolute atomic E-state index is 0.0668. The Bertz CT molecular complexity index is 1120. The summed E-state index contributed by atoms with van der Waals surface area (Å²) in [6, 6.07) is 12.2. The Morgan fingerprint density at radius 2 is 1.65 bits per heavy atom. The normalized spacial score (nSPS) is 20.3. The van der Waals surface area contributed by atoms with E-state index >= 15 is 0 Å². The number of hydrogen-bond acceptors (Lipinski definition) is 4. The summed E-state index contributed by atoms with van der Waals surface area (Å²) in [7, 11) is -3.98. The van der Waals surface area contributed by atoms with Crippen LogP contribution in [-0.4, -0.2) is 62.2 Å². The summed E-state index contributed by atoms with van der Waals surface area (Å²) in [5.41, 5.74) is 0.574. The molecule has 2 aliphatic heterocycles. The van der Waals surface area contributed by atoms with Gasteiger partial charge in [-0.05, 0) is 24.3 Å². The molecule has 4 rings (SSSR count). The van der Waals surface area contributed by atoms with Gasteiger partial charge in [0.2, 0.25) is 21.8 Å². The van der Waals surface area contributed by atoms with Crippen molar-refractivity contribution in [2.45, 2.75) is 11.3 Å². The van der Waals surface area contributed by atoms with E-state index < -0.39 is 21.8 Å². The number of benzene rings is 2. The number of halogens is 2. The summed E-state index contributed by atoms with van der Waals surface area (Å²) in [4.78, 5) is 28.2. The molecular weight excluding hydrogens is 445 g/mol. The van der Waals surface area contributed by atoms with Gasteiger partial charge in [-0.2, -0.15) is 4.31 Å². The summed E-state index contributed by atoms with van der Waals surface area (Å²) in [6.45, 7) is 0.732. The summed E-state index contributed by atoms with van der Waals surface area (Å²) in [5.74, 6) is -1.68. The van der Waals surface area contributed by atoms with Gasteiger partial charge in [0.15, 0.2) is 0 Å². The fourth-order valence-electron chi connectivity index (χ4n) is 3.98. The van der Waals surface area contributed by atoms with E-state index in [-0.39, 0.29) is 55.9 Å². The van der Waals surface area contributed by atoms with Gasteiger partial charge in [0.25, 0.3) is 0 Å². The standard InChI is InChI=1S/C21H21ClFN3O4S/c22-16-5-1-3-7-18(16)26-14-15(13-20(26)27)21(28)24-9-11-25(12-10-24)31(29,30)19-8-4-2-6-17(19)23/h1-8,15H,9-14H2. The molecule has 0 bridgehead atoms. The Balaban J connectivity index is 1.40. The van der Waals surface area contributed by atoms with Crippen molar-refractivity contribution in [1.82, 2.24) is 9.21 Å². The quantitative estimate of drug-likeness (QED) is 0.694. The number of amides is 2. The molecule has 164 valence electrons. The monoisotopic (exact) mass is 465 g/mol. The van der Waals surface area contributed by atoms with Gasteiger partial charge < -0.3 is 9.80 Å². The summed E-state index contributed by atoms with van der Waals surface area (Å²) < 4.78 is 40.6. The van der Waals surface area contributed by atoms with E-state index in [4.69, 9.17) is 11.6 Å². The third-order valence-corrected chi connectivity index (χ3v) is 7.87. The van der Waals surface area contributed by atoms with Crippen LogP contribution in [0, 0.1) is 11.7 Å². The molecule has 0 aromatic heterocycles. The van der Waals surface area contributed by atoms with Gasteiger partial charge in [0, 0.05) is 39.1 Å². The van der Waals surface area contributed by atoms with E-state index in [0.717, 1.165) is 6.07 Å². The highest BCUT2D eigenvalue weighted by Crippen LogP contribution is 2.32. The maximum Gasteiger partial charge on any atom is 0.246 e. The van der Waals surface area contributed by atoms with Crippen molar-refractivity contribution in [3.63, 3.8) is 0 Å². The van der Waals surface area contributed by atoms with Gasteiger partial charge in [0.05, 0.1) is 16.6 Å². The van der Waals surface area contributed by atoms with Crippen LogP contribution in [0.4, 0.5) is 10.1 Å². The first-order valence-electron chi connectivity index (χ1n) is 9.87. The van der Waals surface area contributed by atoms with E-state index in [1.807, 2.05) is 0 Å². The Hall–Kier alpha value is -2.49. The van der Waals surface area contributed by atoms with E-state index in [2.05, 4.69) is 0 Å². The molecule has 2 aromatic rings. The van der Waals surface area contributed by atoms with Crippen molar-refractivity contribution in [3.8, 4) is 0 Å². The van der Waals surface area contributed by atoms with Crippen LogP contribution < -0.4 is 4.90 Å². The number of anilines is 1. The highest BCUT2D eigenvalue weighted by Gasteiger charge is 2.39. The highest BCUT2D eigenvalue weighted by atomic mass is 35.5. The second-order valence-electron chi connectivity index (χ2n) is 7.52. The van der Waals surface area contributed by atoms with Crippen molar-refractivity contribution < 1.29 is 22.4 Å². The first-order chi connectivity index (χ1) is 14.8. The molecule has 31 heavy (non-hydrogen) atoms. The molecule has 2 aromatic carbocycles. The fourth-order valence-corrected chi connectivity index (χ4v) is 5.70. The number of carbonyl (C=O) groups is 2. The van der Waals surface area contributed by atoms with E-state index in [1.54, 1.807) is 29.2 Å². The molecule has 0 saturated carbocycles. The van der Waals surface area contributed by atoms with Crippen LogP contribution in [-0.2, 0) is 19.6 Å². The lowest BCUT2D eigenvalue weighted by molar-refractivity contribution is -0.136. The number of nitrogens with zero attached hydrogens (tertiary/aromatic N) is 3. The lowest BCUT2D eigenvalue weighted by atomic mass is 10.1. The number of para-hydroxylation sites is 1. The number of hydrogen-bond donors (Lipinski definition) is 0. The van der Waals surface area contributed by atoms with Crippen LogP contribution in [0.2, 0.25) is 5.02 Å². The Morgan fingerprint density at radius 1 is 1.00 bits per heavy atom. The van der Waals surface area contributed by atoms with Crippen LogP contribution in [0.25, 0.3) is 0 Å². The predicted octanol–water partition coefficient (Wildman–Crippen LogP) is 2.37. The molecule has 10 heteroatoms. The van der Waals surface area contributed by atoms with E-state index in [0.29, 0.717) is 10.7 Å². The summed E-state index contributed by atoms with van der Waals surface area (Å²) in [5, 5.41) is 0.441. The largest absolute Gasteiger partial charge is 0.340 e. The minimum atomic E-state index is -3.98. The zero-order valence-corrected chi connectivity index (χ0v) is 18.2. The summed E-state index contributed by atoms with van der Waals surface area (Å²) >= 11 is 6.19. The maximum absolute atomic E-state index is 14.0. The van der Waals surface area contributed by atoms with Crippen LogP contribution in [0.3, 0.4) is 0 Å². The molecule has 2 heterocycles. The SMILES string of the molecule is O=C(C1CC(=O)N(c2ccccc2Cl)C1)N1CCN(S(=O)(=O)c2ccccc2F)CC1. The van der Waals surface area contributed by atoms with Crippen molar-refractivity contribution in [2.75, 3.05) is 37.6 Å². The van der Waals surface area contributed by atoms with Crippen LogP contribution in [0.15, 0.2) is 53.4 Å². The Kier molecular flexibility index (Phi) is 6.00. The average Bonchev–Trinajstić information content (AvgIpc) is 3.15. The van der Waals surface area contributed by atoms with Crippen LogP contribution >= 0.6 is 11.6 Å². The molecule has 0 aliphatic carbocycles. The Morgan fingerprint density at radius 3 is 2.32 bits per heavy atom. The molecule has 1 atom stereocenters. The third kappa shape index (κ3) is 4.17. The van der Waals surface area contributed by atoms with Crippen molar-refractivity contribution >= 4 is 39.1 Å². The smallest absolute Gasteiger partial charge is 0.246 e. The number of rotatable bonds is 4. The lowest BCUT2D eigenvalue weighted by Gasteiger charge is -2.35. The zero-order chi connectivity index (χ0) is 22.2. The van der Waals surface area contributed by atoms with Gasteiger partial charge in [-0.3, -0.25) is 9.59 Å². The van der Waals surface area contributed by atoms with E-state index in [1.165, 1.54) is 27.4 Å². The van der Waals surface area contributed by atoms with Gasteiger partial charge >= 0.3 is 0 Å².